The number of carbonyl (C=O) groups excluding carboxylic acids is 1. The van der Waals surface area contributed by atoms with Gasteiger partial charge in [-0.25, -0.2) is 0 Å². The first-order chi connectivity index (χ1) is 11.3. The summed E-state index contributed by atoms with van der Waals surface area (Å²) in [5.74, 6) is -0.636. The van der Waals surface area contributed by atoms with Crippen molar-refractivity contribution < 1.29 is 18.0 Å². The van der Waals surface area contributed by atoms with Gasteiger partial charge in [-0.1, -0.05) is 30.3 Å². The summed E-state index contributed by atoms with van der Waals surface area (Å²) in [6, 6.07) is 13.5. The number of rotatable bonds is 3. The molecule has 0 radical (unpaired) electrons. The summed E-state index contributed by atoms with van der Waals surface area (Å²) in [4.78, 5) is 11.1. The third-order valence-electron chi connectivity index (χ3n) is 3.52. The molecule has 0 atom stereocenters. The standard InChI is InChI=1S/C17H12F3N3O/c18-17(19,20)13-6-2-4-11(8-13)10-3-1-5-12(7-10)14-9-15(16(21)24)23-22-14/h1-9H,(H2,21,24)(H,22,23). The van der Waals surface area contributed by atoms with Crippen LogP contribution in [0.4, 0.5) is 13.2 Å². The first-order valence-corrected chi connectivity index (χ1v) is 6.98. The van der Waals surface area contributed by atoms with Gasteiger partial charge in [0.05, 0.1) is 11.3 Å². The zero-order valence-corrected chi connectivity index (χ0v) is 12.3. The minimum atomic E-state index is -4.40. The van der Waals surface area contributed by atoms with Crippen molar-refractivity contribution in [1.29, 1.82) is 0 Å². The van der Waals surface area contributed by atoms with Gasteiger partial charge in [-0.15, -0.1) is 0 Å². The third-order valence-corrected chi connectivity index (χ3v) is 3.52. The average Bonchev–Trinajstić information content (AvgIpc) is 3.05. The van der Waals surface area contributed by atoms with Crippen molar-refractivity contribution in [2.24, 2.45) is 5.73 Å². The van der Waals surface area contributed by atoms with Crippen LogP contribution in [0.25, 0.3) is 22.4 Å². The molecule has 3 aromatic rings. The van der Waals surface area contributed by atoms with E-state index in [1.165, 1.54) is 12.1 Å². The second-order valence-electron chi connectivity index (χ2n) is 5.19. The number of primary amides is 1. The van der Waals surface area contributed by atoms with Crippen LogP contribution in [0, 0.1) is 0 Å². The van der Waals surface area contributed by atoms with Crippen LogP contribution in [0.1, 0.15) is 16.1 Å². The highest BCUT2D eigenvalue weighted by atomic mass is 19.4. The molecule has 1 amide bonds. The fourth-order valence-corrected chi connectivity index (χ4v) is 2.33. The van der Waals surface area contributed by atoms with Gasteiger partial charge in [0.1, 0.15) is 5.69 Å². The number of hydrogen-bond acceptors (Lipinski definition) is 2. The molecule has 3 rings (SSSR count). The highest BCUT2D eigenvalue weighted by molar-refractivity contribution is 5.92. The number of aromatic nitrogens is 2. The molecule has 0 fully saturated rings. The lowest BCUT2D eigenvalue weighted by Crippen LogP contribution is -2.10. The molecule has 0 bridgehead atoms. The Hall–Kier alpha value is -3.09. The number of nitrogens with two attached hydrogens (primary N) is 1. The van der Waals surface area contributed by atoms with E-state index in [-0.39, 0.29) is 5.69 Å². The van der Waals surface area contributed by atoms with E-state index in [9.17, 15) is 18.0 Å². The molecule has 122 valence electrons. The van der Waals surface area contributed by atoms with Gasteiger partial charge in [0.15, 0.2) is 0 Å². The van der Waals surface area contributed by atoms with E-state index in [0.717, 1.165) is 12.1 Å². The largest absolute Gasteiger partial charge is 0.416 e. The molecular weight excluding hydrogens is 319 g/mol. The Kier molecular flexibility index (Phi) is 3.84. The van der Waals surface area contributed by atoms with Crippen LogP contribution in [0.15, 0.2) is 54.6 Å². The predicted molar refractivity (Wildman–Crippen MR) is 83.0 cm³/mol. The second-order valence-corrected chi connectivity index (χ2v) is 5.19. The highest BCUT2D eigenvalue weighted by Gasteiger charge is 2.30. The smallest absolute Gasteiger partial charge is 0.364 e. The van der Waals surface area contributed by atoms with E-state index < -0.39 is 17.6 Å². The zero-order valence-electron chi connectivity index (χ0n) is 12.3. The number of halogens is 3. The summed E-state index contributed by atoms with van der Waals surface area (Å²) in [7, 11) is 0. The van der Waals surface area contributed by atoms with Gasteiger partial charge < -0.3 is 5.73 Å². The van der Waals surface area contributed by atoms with Crippen molar-refractivity contribution in [3.63, 3.8) is 0 Å². The quantitative estimate of drug-likeness (QED) is 0.765. The van der Waals surface area contributed by atoms with Gasteiger partial charge in [-0.3, -0.25) is 9.89 Å². The van der Waals surface area contributed by atoms with Crippen molar-refractivity contribution in [2.75, 3.05) is 0 Å². The summed E-state index contributed by atoms with van der Waals surface area (Å²) in [6.45, 7) is 0. The van der Waals surface area contributed by atoms with Crippen molar-refractivity contribution in [3.05, 3.63) is 65.9 Å². The molecule has 1 heterocycles. The molecule has 0 aliphatic heterocycles. The number of nitrogens with one attached hydrogen (secondary N) is 1. The van der Waals surface area contributed by atoms with Crippen LogP contribution in [0.5, 0.6) is 0 Å². The van der Waals surface area contributed by atoms with Gasteiger partial charge >= 0.3 is 6.18 Å². The minimum absolute atomic E-state index is 0.162. The number of alkyl halides is 3. The van der Waals surface area contributed by atoms with Gasteiger partial charge in [0, 0.05) is 5.56 Å². The second kappa shape index (κ2) is 5.84. The van der Waals surface area contributed by atoms with Gasteiger partial charge in [0.25, 0.3) is 5.91 Å². The first-order valence-electron chi connectivity index (χ1n) is 6.98. The lowest BCUT2D eigenvalue weighted by Gasteiger charge is -2.09. The Morgan fingerprint density at radius 3 is 2.21 bits per heavy atom. The van der Waals surface area contributed by atoms with Crippen molar-refractivity contribution in [3.8, 4) is 22.4 Å². The van der Waals surface area contributed by atoms with Gasteiger partial charge in [-0.05, 0) is 35.4 Å². The number of benzene rings is 2. The maximum Gasteiger partial charge on any atom is 0.416 e. The number of nitrogens with zero attached hydrogens (tertiary/aromatic N) is 1. The van der Waals surface area contributed by atoms with Gasteiger partial charge in [0.2, 0.25) is 0 Å². The molecule has 3 N–H and O–H groups in total. The molecule has 4 nitrogen and oxygen atoms in total. The van der Waals surface area contributed by atoms with Crippen LogP contribution in [0.2, 0.25) is 0 Å². The van der Waals surface area contributed by atoms with Crippen molar-refractivity contribution in [2.45, 2.75) is 6.18 Å². The Morgan fingerprint density at radius 1 is 0.958 bits per heavy atom. The predicted octanol–water partition coefficient (Wildman–Crippen LogP) is 3.86. The first kappa shape index (κ1) is 15.8. The summed E-state index contributed by atoms with van der Waals surface area (Å²) in [5.41, 5.74) is 6.82. The molecule has 1 aromatic heterocycles. The van der Waals surface area contributed by atoms with E-state index in [1.807, 2.05) is 0 Å². The van der Waals surface area contributed by atoms with Crippen LogP contribution < -0.4 is 5.73 Å². The maximum absolute atomic E-state index is 12.8. The number of amides is 1. The van der Waals surface area contributed by atoms with Crippen LogP contribution in [-0.4, -0.2) is 16.1 Å². The Balaban J connectivity index is 2.00. The number of H-pyrrole nitrogens is 1. The molecule has 0 aliphatic carbocycles. The highest BCUT2D eigenvalue weighted by Crippen LogP contribution is 2.33. The number of carbonyl (C=O) groups is 1. The lowest BCUT2D eigenvalue weighted by molar-refractivity contribution is -0.137. The fraction of sp³-hybridized carbons (Fsp3) is 0.0588. The number of aromatic amines is 1. The molecule has 0 aliphatic rings. The minimum Gasteiger partial charge on any atom is -0.364 e. The monoisotopic (exact) mass is 331 g/mol. The van der Waals surface area contributed by atoms with Crippen LogP contribution in [-0.2, 0) is 6.18 Å². The molecule has 0 unspecified atom stereocenters. The normalized spacial score (nSPS) is 11.5. The van der Waals surface area contributed by atoms with E-state index in [2.05, 4.69) is 10.2 Å². The van der Waals surface area contributed by atoms with Crippen LogP contribution >= 0.6 is 0 Å². The van der Waals surface area contributed by atoms with Gasteiger partial charge in [-0.2, -0.15) is 18.3 Å². The van der Waals surface area contributed by atoms with E-state index in [0.29, 0.717) is 22.4 Å². The van der Waals surface area contributed by atoms with Crippen LogP contribution in [0.3, 0.4) is 0 Å². The molecule has 0 saturated heterocycles. The zero-order chi connectivity index (χ0) is 17.3. The summed E-state index contributed by atoms with van der Waals surface area (Å²) < 4.78 is 38.5. The molecular formula is C17H12F3N3O. The third kappa shape index (κ3) is 3.15. The molecule has 24 heavy (non-hydrogen) atoms. The average molecular weight is 331 g/mol. The molecule has 0 spiro atoms. The summed E-state index contributed by atoms with van der Waals surface area (Å²) in [5, 5.41) is 6.51. The maximum atomic E-state index is 12.8. The Morgan fingerprint density at radius 2 is 1.58 bits per heavy atom. The van der Waals surface area contributed by atoms with Crippen molar-refractivity contribution in [1.82, 2.24) is 10.2 Å². The molecule has 7 heteroatoms. The number of hydrogen-bond donors (Lipinski definition) is 2. The lowest BCUT2D eigenvalue weighted by atomic mass is 10.00. The fourth-order valence-electron chi connectivity index (χ4n) is 2.33. The summed E-state index contributed by atoms with van der Waals surface area (Å²) >= 11 is 0. The summed E-state index contributed by atoms with van der Waals surface area (Å²) in [6.07, 6.45) is -4.40. The van der Waals surface area contributed by atoms with Crippen molar-refractivity contribution >= 4 is 5.91 Å². The van der Waals surface area contributed by atoms with E-state index in [1.54, 1.807) is 30.3 Å². The SMILES string of the molecule is NC(=O)c1cc(-c2cccc(-c3cccc(C(F)(F)F)c3)c2)n[nH]1. The topological polar surface area (TPSA) is 71.8 Å². The van der Waals surface area contributed by atoms with E-state index >= 15 is 0 Å². The Bertz CT molecular complexity index is 900. The Labute approximate surface area is 135 Å². The molecule has 2 aromatic carbocycles. The molecule has 0 saturated carbocycles. The van der Waals surface area contributed by atoms with E-state index in [4.69, 9.17) is 5.73 Å².